The Morgan fingerprint density at radius 3 is 2.59 bits per heavy atom. The molecule has 1 aliphatic carbocycles. The second kappa shape index (κ2) is 6.39. The van der Waals surface area contributed by atoms with Crippen LogP contribution in [0, 0.1) is 10.1 Å². The molecular weight excluding hydrogens is 280 g/mol. The quantitative estimate of drug-likeness (QED) is 0.469. The van der Waals surface area contributed by atoms with Gasteiger partial charge in [-0.3, -0.25) is 10.1 Å². The van der Waals surface area contributed by atoms with Gasteiger partial charge in [0.15, 0.2) is 0 Å². The van der Waals surface area contributed by atoms with Crippen LogP contribution in [0.3, 0.4) is 0 Å². The second-order valence-corrected chi connectivity index (χ2v) is 5.25. The zero-order chi connectivity index (χ0) is 15.4. The molecule has 1 unspecified atom stereocenters. The minimum atomic E-state index is -0.483. The summed E-state index contributed by atoms with van der Waals surface area (Å²) >= 11 is 0. The van der Waals surface area contributed by atoms with E-state index in [2.05, 4.69) is 29.3 Å². The molecule has 0 N–H and O–H groups in total. The lowest BCUT2D eigenvalue weighted by Gasteiger charge is -2.16. The summed E-state index contributed by atoms with van der Waals surface area (Å²) in [6.07, 6.45) is 9.27. The first-order valence-corrected chi connectivity index (χ1v) is 7.27. The molecule has 0 bridgehead atoms. The standard InChI is InChI=1S/C17H16N2O3/c20-19(21)15-8-11-17(18-12-15)22-16-9-6-14(7-10-16)13-4-2-1-3-5-13/h2,4,6-13H,1,3,5H2. The molecule has 5 nitrogen and oxygen atoms in total. The molecule has 0 fully saturated rings. The number of rotatable bonds is 4. The van der Waals surface area contributed by atoms with Crippen LogP contribution in [0.15, 0.2) is 54.7 Å². The van der Waals surface area contributed by atoms with Gasteiger partial charge in [0.1, 0.15) is 11.9 Å². The van der Waals surface area contributed by atoms with Gasteiger partial charge >= 0.3 is 0 Å². The van der Waals surface area contributed by atoms with E-state index in [1.807, 2.05) is 12.1 Å². The third-order valence-electron chi connectivity index (χ3n) is 3.72. The highest BCUT2D eigenvalue weighted by atomic mass is 16.6. The topological polar surface area (TPSA) is 65.3 Å². The van der Waals surface area contributed by atoms with Crippen molar-refractivity contribution in [2.75, 3.05) is 0 Å². The zero-order valence-corrected chi connectivity index (χ0v) is 12.0. The predicted molar refractivity (Wildman–Crippen MR) is 83.1 cm³/mol. The van der Waals surface area contributed by atoms with Gasteiger partial charge in [0.05, 0.1) is 4.92 Å². The van der Waals surface area contributed by atoms with E-state index in [0.29, 0.717) is 17.5 Å². The number of nitro groups is 1. The first-order chi connectivity index (χ1) is 10.7. The smallest absolute Gasteiger partial charge is 0.287 e. The molecule has 1 aliphatic rings. The summed E-state index contributed by atoms with van der Waals surface area (Å²) in [4.78, 5) is 14.0. The maximum atomic E-state index is 10.6. The maximum Gasteiger partial charge on any atom is 0.287 e. The Balaban J connectivity index is 1.69. The number of hydrogen-bond donors (Lipinski definition) is 0. The van der Waals surface area contributed by atoms with E-state index in [4.69, 9.17) is 4.74 Å². The maximum absolute atomic E-state index is 10.6. The molecule has 22 heavy (non-hydrogen) atoms. The second-order valence-electron chi connectivity index (χ2n) is 5.25. The summed E-state index contributed by atoms with van der Waals surface area (Å²) in [5.74, 6) is 1.50. The average Bonchev–Trinajstić information content (AvgIpc) is 2.57. The number of ether oxygens (including phenoxy) is 1. The number of benzene rings is 1. The van der Waals surface area contributed by atoms with Crippen LogP contribution < -0.4 is 4.74 Å². The molecular formula is C17H16N2O3. The van der Waals surface area contributed by atoms with E-state index in [1.165, 1.54) is 43.2 Å². The Labute approximate surface area is 128 Å². The van der Waals surface area contributed by atoms with Crippen LogP contribution in [0.25, 0.3) is 0 Å². The summed E-state index contributed by atoms with van der Waals surface area (Å²) in [6.45, 7) is 0. The fraction of sp³-hybridized carbons (Fsp3) is 0.235. The number of pyridine rings is 1. The van der Waals surface area contributed by atoms with Gasteiger partial charge in [-0.2, -0.15) is 0 Å². The van der Waals surface area contributed by atoms with Crippen LogP contribution in [0.1, 0.15) is 30.7 Å². The first-order valence-electron chi connectivity index (χ1n) is 7.27. The molecule has 1 aromatic heterocycles. The summed E-state index contributed by atoms with van der Waals surface area (Å²) in [5, 5.41) is 10.6. The fourth-order valence-corrected chi connectivity index (χ4v) is 2.53. The highest BCUT2D eigenvalue weighted by molar-refractivity contribution is 5.35. The lowest BCUT2D eigenvalue weighted by molar-refractivity contribution is -0.385. The van der Waals surface area contributed by atoms with Crippen molar-refractivity contribution in [1.29, 1.82) is 0 Å². The Hall–Kier alpha value is -2.69. The van der Waals surface area contributed by atoms with Gasteiger partial charge in [-0.05, 0) is 37.0 Å². The van der Waals surface area contributed by atoms with E-state index in [0.717, 1.165) is 0 Å². The molecule has 0 spiro atoms. The van der Waals surface area contributed by atoms with Gasteiger partial charge in [0, 0.05) is 18.1 Å². The summed E-state index contributed by atoms with van der Waals surface area (Å²) in [5.41, 5.74) is 1.23. The molecule has 0 amide bonds. The van der Waals surface area contributed by atoms with Crippen molar-refractivity contribution in [3.8, 4) is 11.6 Å². The molecule has 0 saturated carbocycles. The van der Waals surface area contributed by atoms with Gasteiger partial charge in [-0.25, -0.2) is 4.98 Å². The van der Waals surface area contributed by atoms with Crippen LogP contribution in [0.4, 0.5) is 5.69 Å². The third-order valence-corrected chi connectivity index (χ3v) is 3.72. The molecule has 0 radical (unpaired) electrons. The van der Waals surface area contributed by atoms with Crippen molar-refractivity contribution in [1.82, 2.24) is 4.98 Å². The molecule has 1 atom stereocenters. The number of aromatic nitrogens is 1. The third kappa shape index (κ3) is 3.31. The highest BCUT2D eigenvalue weighted by Crippen LogP contribution is 2.29. The molecule has 0 aliphatic heterocycles. The van der Waals surface area contributed by atoms with Crippen molar-refractivity contribution in [2.24, 2.45) is 0 Å². The number of hydrogen-bond acceptors (Lipinski definition) is 4. The van der Waals surface area contributed by atoms with E-state index < -0.39 is 4.92 Å². The Bertz CT molecular complexity index is 678. The largest absolute Gasteiger partial charge is 0.439 e. The Morgan fingerprint density at radius 1 is 1.18 bits per heavy atom. The SMILES string of the molecule is O=[N+]([O-])c1ccc(Oc2ccc(C3C=CCCC3)cc2)nc1. The van der Waals surface area contributed by atoms with Gasteiger partial charge in [-0.1, -0.05) is 24.3 Å². The fourth-order valence-electron chi connectivity index (χ4n) is 2.53. The van der Waals surface area contributed by atoms with Gasteiger partial charge < -0.3 is 4.74 Å². The van der Waals surface area contributed by atoms with Crippen molar-refractivity contribution < 1.29 is 9.66 Å². The molecule has 2 aromatic rings. The summed E-state index contributed by atoms with van der Waals surface area (Å²) in [7, 11) is 0. The highest BCUT2D eigenvalue weighted by Gasteiger charge is 2.11. The molecule has 3 rings (SSSR count). The Morgan fingerprint density at radius 2 is 2.00 bits per heavy atom. The van der Waals surface area contributed by atoms with Crippen LogP contribution in [0.2, 0.25) is 0 Å². The van der Waals surface area contributed by atoms with E-state index in [9.17, 15) is 10.1 Å². The number of allylic oxidation sites excluding steroid dienone is 2. The monoisotopic (exact) mass is 296 g/mol. The van der Waals surface area contributed by atoms with Crippen LogP contribution in [0.5, 0.6) is 11.6 Å². The molecule has 1 aromatic carbocycles. The average molecular weight is 296 g/mol. The normalized spacial score (nSPS) is 17.2. The minimum Gasteiger partial charge on any atom is -0.439 e. The van der Waals surface area contributed by atoms with E-state index >= 15 is 0 Å². The molecule has 5 heteroatoms. The van der Waals surface area contributed by atoms with Crippen LogP contribution >= 0.6 is 0 Å². The van der Waals surface area contributed by atoms with Gasteiger partial charge in [-0.15, -0.1) is 0 Å². The van der Waals surface area contributed by atoms with Crippen LogP contribution in [-0.4, -0.2) is 9.91 Å². The Kier molecular flexibility index (Phi) is 4.14. The van der Waals surface area contributed by atoms with Crippen molar-refractivity contribution >= 4 is 5.69 Å². The number of nitrogens with zero attached hydrogens (tertiary/aromatic N) is 2. The van der Waals surface area contributed by atoms with Gasteiger partial charge in [0.2, 0.25) is 5.88 Å². The summed E-state index contributed by atoms with van der Waals surface area (Å²) < 4.78 is 5.60. The summed E-state index contributed by atoms with van der Waals surface area (Å²) in [6, 6.07) is 10.8. The molecule has 0 saturated heterocycles. The van der Waals surface area contributed by atoms with E-state index in [-0.39, 0.29) is 5.69 Å². The van der Waals surface area contributed by atoms with Crippen LogP contribution in [-0.2, 0) is 0 Å². The lowest BCUT2D eigenvalue weighted by Crippen LogP contribution is -1.99. The first kappa shape index (κ1) is 14.3. The predicted octanol–water partition coefficient (Wildman–Crippen LogP) is 4.61. The zero-order valence-electron chi connectivity index (χ0n) is 12.0. The van der Waals surface area contributed by atoms with Crippen molar-refractivity contribution in [3.05, 3.63) is 70.4 Å². The van der Waals surface area contributed by atoms with Crippen molar-refractivity contribution in [3.63, 3.8) is 0 Å². The molecule has 1 heterocycles. The van der Waals surface area contributed by atoms with Gasteiger partial charge in [0.25, 0.3) is 5.69 Å². The van der Waals surface area contributed by atoms with Crippen molar-refractivity contribution in [2.45, 2.75) is 25.2 Å². The minimum absolute atomic E-state index is 0.0493. The lowest BCUT2D eigenvalue weighted by atomic mass is 9.89. The van der Waals surface area contributed by atoms with E-state index in [1.54, 1.807) is 0 Å². The molecule has 112 valence electrons.